The minimum absolute atomic E-state index is 0.188. The number of carbonyl (C=O) groups is 1. The number of para-hydroxylation sites is 1. The number of nitrogens with zero attached hydrogens (tertiary/aromatic N) is 3. The standard InChI is InChI=1S/C29H42N8O5/c1-4-5-14-32-27-35-28(33-20-22-7-6-8-24(39-2)25(22)40-3)37-29(36-27)34-23-11-9-21(10-12-23)26(38)31-15-17-42-19-18-41-16-13-30/h6-12H,4-5,13-20,30H2,1-3H3,(H,31,38)(H3,32,33,34,35,36,37). The molecule has 6 N–H and O–H groups in total. The molecular weight excluding hydrogens is 540 g/mol. The Labute approximate surface area is 246 Å². The third-order valence-corrected chi connectivity index (χ3v) is 5.94. The molecule has 13 heteroatoms. The van der Waals surface area contributed by atoms with E-state index in [4.69, 9.17) is 24.7 Å². The van der Waals surface area contributed by atoms with Gasteiger partial charge in [0.1, 0.15) is 0 Å². The number of hydrogen-bond donors (Lipinski definition) is 5. The van der Waals surface area contributed by atoms with Gasteiger partial charge in [-0.3, -0.25) is 4.79 Å². The average Bonchev–Trinajstić information content (AvgIpc) is 3.01. The largest absolute Gasteiger partial charge is 0.493 e. The fourth-order valence-electron chi connectivity index (χ4n) is 3.81. The van der Waals surface area contributed by atoms with Crippen molar-refractivity contribution in [3.8, 4) is 11.5 Å². The van der Waals surface area contributed by atoms with Crippen molar-refractivity contribution in [2.45, 2.75) is 26.3 Å². The van der Waals surface area contributed by atoms with Gasteiger partial charge in [0.15, 0.2) is 11.5 Å². The van der Waals surface area contributed by atoms with Crippen molar-refractivity contribution in [1.29, 1.82) is 0 Å². The highest BCUT2D eigenvalue weighted by Crippen LogP contribution is 2.31. The Kier molecular flexibility index (Phi) is 14.1. The summed E-state index contributed by atoms with van der Waals surface area (Å²) >= 11 is 0. The van der Waals surface area contributed by atoms with Crippen LogP contribution in [-0.2, 0) is 16.0 Å². The summed E-state index contributed by atoms with van der Waals surface area (Å²) in [7, 11) is 3.21. The van der Waals surface area contributed by atoms with Crippen LogP contribution in [0.15, 0.2) is 42.5 Å². The molecule has 0 aliphatic rings. The summed E-state index contributed by atoms with van der Waals surface area (Å²) in [5.74, 6) is 2.29. The van der Waals surface area contributed by atoms with Crippen molar-refractivity contribution >= 4 is 29.4 Å². The van der Waals surface area contributed by atoms with Gasteiger partial charge in [-0.25, -0.2) is 0 Å². The summed E-state index contributed by atoms with van der Waals surface area (Å²) in [6.07, 6.45) is 2.03. The van der Waals surface area contributed by atoms with E-state index in [0.29, 0.717) is 81.0 Å². The minimum atomic E-state index is -0.188. The Bertz CT molecular complexity index is 1230. The second kappa shape index (κ2) is 18.3. The van der Waals surface area contributed by atoms with E-state index in [1.54, 1.807) is 38.5 Å². The normalized spacial score (nSPS) is 10.7. The minimum Gasteiger partial charge on any atom is -0.493 e. The van der Waals surface area contributed by atoms with Gasteiger partial charge in [0, 0.05) is 43.0 Å². The first-order chi connectivity index (χ1) is 20.6. The van der Waals surface area contributed by atoms with Crippen molar-refractivity contribution in [2.75, 3.05) is 76.2 Å². The molecule has 42 heavy (non-hydrogen) atoms. The highest BCUT2D eigenvalue weighted by atomic mass is 16.5. The molecule has 0 spiro atoms. The highest BCUT2D eigenvalue weighted by molar-refractivity contribution is 5.94. The molecule has 0 saturated carbocycles. The van der Waals surface area contributed by atoms with Gasteiger partial charge < -0.3 is 45.9 Å². The van der Waals surface area contributed by atoms with E-state index in [2.05, 4.69) is 43.1 Å². The monoisotopic (exact) mass is 582 g/mol. The Morgan fingerprint density at radius 2 is 1.55 bits per heavy atom. The van der Waals surface area contributed by atoms with Gasteiger partial charge in [0.2, 0.25) is 17.8 Å². The Hall–Kier alpha value is -4.20. The maximum atomic E-state index is 12.5. The maximum absolute atomic E-state index is 12.5. The number of ether oxygens (including phenoxy) is 4. The van der Waals surface area contributed by atoms with Crippen LogP contribution in [-0.4, -0.2) is 81.1 Å². The van der Waals surface area contributed by atoms with Crippen LogP contribution in [0.25, 0.3) is 0 Å². The lowest BCUT2D eigenvalue weighted by Crippen LogP contribution is -2.27. The van der Waals surface area contributed by atoms with Crippen LogP contribution in [0.5, 0.6) is 11.5 Å². The van der Waals surface area contributed by atoms with E-state index in [9.17, 15) is 4.79 Å². The lowest BCUT2D eigenvalue weighted by atomic mass is 10.2. The lowest BCUT2D eigenvalue weighted by molar-refractivity contribution is 0.0511. The fourth-order valence-corrected chi connectivity index (χ4v) is 3.81. The van der Waals surface area contributed by atoms with E-state index in [1.165, 1.54) is 0 Å². The first-order valence-corrected chi connectivity index (χ1v) is 14.0. The van der Waals surface area contributed by atoms with Gasteiger partial charge in [-0.1, -0.05) is 25.5 Å². The van der Waals surface area contributed by atoms with Gasteiger partial charge in [-0.05, 0) is 36.8 Å². The highest BCUT2D eigenvalue weighted by Gasteiger charge is 2.12. The zero-order valence-corrected chi connectivity index (χ0v) is 24.6. The van der Waals surface area contributed by atoms with Gasteiger partial charge in [-0.2, -0.15) is 15.0 Å². The number of methoxy groups -OCH3 is 2. The van der Waals surface area contributed by atoms with E-state index in [-0.39, 0.29) is 5.91 Å². The van der Waals surface area contributed by atoms with Crippen molar-refractivity contribution in [3.05, 3.63) is 53.6 Å². The lowest BCUT2D eigenvalue weighted by Gasteiger charge is -2.14. The molecule has 1 aromatic heterocycles. The van der Waals surface area contributed by atoms with E-state index in [1.807, 2.05) is 18.2 Å². The number of hydrogen-bond acceptors (Lipinski definition) is 12. The van der Waals surface area contributed by atoms with Crippen LogP contribution < -0.4 is 36.5 Å². The third kappa shape index (κ3) is 10.7. The van der Waals surface area contributed by atoms with Gasteiger partial charge >= 0.3 is 0 Å². The second-order valence-electron chi connectivity index (χ2n) is 9.06. The first-order valence-electron chi connectivity index (χ1n) is 14.0. The predicted octanol–water partition coefficient (Wildman–Crippen LogP) is 3.18. The molecule has 0 unspecified atom stereocenters. The molecule has 0 aliphatic heterocycles. The van der Waals surface area contributed by atoms with Crippen LogP contribution in [0, 0.1) is 0 Å². The zero-order valence-electron chi connectivity index (χ0n) is 24.6. The second-order valence-corrected chi connectivity index (χ2v) is 9.06. The maximum Gasteiger partial charge on any atom is 0.251 e. The number of nitrogens with one attached hydrogen (secondary N) is 4. The van der Waals surface area contributed by atoms with Gasteiger partial charge in [0.25, 0.3) is 5.91 Å². The molecule has 0 fully saturated rings. The molecule has 1 amide bonds. The van der Waals surface area contributed by atoms with E-state index in [0.717, 1.165) is 30.6 Å². The molecule has 0 atom stereocenters. The zero-order chi connectivity index (χ0) is 30.0. The quantitative estimate of drug-likeness (QED) is 0.124. The summed E-state index contributed by atoms with van der Waals surface area (Å²) in [6.45, 7) is 5.98. The van der Waals surface area contributed by atoms with Crippen molar-refractivity contribution < 1.29 is 23.7 Å². The van der Waals surface area contributed by atoms with Crippen molar-refractivity contribution in [1.82, 2.24) is 20.3 Å². The summed E-state index contributed by atoms with van der Waals surface area (Å²) in [6, 6.07) is 12.7. The molecule has 1 heterocycles. The van der Waals surface area contributed by atoms with Crippen LogP contribution in [0.2, 0.25) is 0 Å². The molecule has 2 aromatic carbocycles. The smallest absolute Gasteiger partial charge is 0.251 e. The number of anilines is 4. The summed E-state index contributed by atoms with van der Waals surface area (Å²) in [5, 5.41) is 12.6. The van der Waals surface area contributed by atoms with E-state index < -0.39 is 0 Å². The van der Waals surface area contributed by atoms with Gasteiger partial charge in [0.05, 0.1) is 40.6 Å². The molecule has 0 radical (unpaired) electrons. The summed E-state index contributed by atoms with van der Waals surface area (Å²) < 4.78 is 21.6. The number of nitrogens with two attached hydrogens (primary N) is 1. The number of aromatic nitrogens is 3. The van der Waals surface area contributed by atoms with E-state index >= 15 is 0 Å². The van der Waals surface area contributed by atoms with Crippen LogP contribution in [0.3, 0.4) is 0 Å². The Morgan fingerprint density at radius 1 is 0.833 bits per heavy atom. The number of benzene rings is 2. The molecule has 3 rings (SSSR count). The SMILES string of the molecule is CCCCNc1nc(NCc2cccc(OC)c2OC)nc(Nc2ccc(C(=O)NCCOCCOCCN)cc2)n1. The predicted molar refractivity (Wildman–Crippen MR) is 163 cm³/mol. The molecule has 228 valence electrons. The third-order valence-electron chi connectivity index (χ3n) is 5.94. The Morgan fingerprint density at radius 3 is 2.24 bits per heavy atom. The van der Waals surface area contributed by atoms with Crippen molar-refractivity contribution in [3.63, 3.8) is 0 Å². The molecule has 3 aromatic rings. The van der Waals surface area contributed by atoms with Gasteiger partial charge in [-0.15, -0.1) is 0 Å². The topological polar surface area (TPSA) is 167 Å². The van der Waals surface area contributed by atoms with Crippen LogP contribution in [0.4, 0.5) is 23.5 Å². The number of unbranched alkanes of at least 4 members (excludes halogenated alkanes) is 1. The number of carbonyl (C=O) groups excluding carboxylic acids is 1. The molecule has 13 nitrogen and oxygen atoms in total. The number of rotatable bonds is 20. The average molecular weight is 583 g/mol. The molecule has 0 aliphatic carbocycles. The summed E-state index contributed by atoms with van der Waals surface area (Å²) in [5.41, 5.74) is 7.51. The summed E-state index contributed by atoms with van der Waals surface area (Å²) in [4.78, 5) is 26.1. The molecular formula is C29H42N8O5. The fraction of sp³-hybridized carbons (Fsp3) is 0.448. The molecule has 0 bridgehead atoms. The Balaban J connectivity index is 1.61. The van der Waals surface area contributed by atoms with Crippen LogP contribution >= 0.6 is 0 Å². The molecule has 0 saturated heterocycles. The van der Waals surface area contributed by atoms with Crippen molar-refractivity contribution in [2.24, 2.45) is 5.73 Å². The first kappa shape index (κ1) is 32.3. The van der Waals surface area contributed by atoms with Crippen LogP contribution in [0.1, 0.15) is 35.7 Å². The number of amides is 1.